The molecule has 1 saturated heterocycles. The summed E-state index contributed by atoms with van der Waals surface area (Å²) in [7, 11) is 0. The van der Waals surface area contributed by atoms with E-state index in [0.29, 0.717) is 12.1 Å². The van der Waals surface area contributed by atoms with Crippen LogP contribution in [-0.2, 0) is 4.74 Å². The number of nitrogens with two attached hydrogens (primary N) is 2. The van der Waals surface area contributed by atoms with Crippen LogP contribution in [0.5, 0.6) is 0 Å². The highest BCUT2D eigenvalue weighted by Crippen LogP contribution is 2.25. The van der Waals surface area contributed by atoms with Gasteiger partial charge in [-0.25, -0.2) is 4.99 Å². The summed E-state index contributed by atoms with van der Waals surface area (Å²) in [6, 6.07) is 0. The Kier molecular flexibility index (Phi) is 2.43. The Balaban J connectivity index is 2.03. The topological polar surface area (TPSA) is 85.7 Å². The Bertz CT molecular complexity index is 270. The summed E-state index contributed by atoms with van der Waals surface area (Å²) >= 11 is 0. The molecule has 0 amide bonds. The predicted molar refractivity (Wildman–Crippen MR) is 54.4 cm³/mol. The lowest BCUT2D eigenvalue weighted by Gasteiger charge is -2.30. The molecule has 0 aromatic heterocycles. The van der Waals surface area contributed by atoms with Crippen molar-refractivity contribution in [2.24, 2.45) is 16.5 Å². The van der Waals surface area contributed by atoms with E-state index in [1.807, 2.05) is 0 Å². The Morgan fingerprint density at radius 2 is 2.57 bits per heavy atom. The molecule has 5 heteroatoms. The van der Waals surface area contributed by atoms with Gasteiger partial charge < -0.3 is 21.5 Å². The van der Waals surface area contributed by atoms with Crippen molar-refractivity contribution in [3.05, 3.63) is 11.9 Å². The van der Waals surface area contributed by atoms with E-state index in [1.165, 1.54) is 0 Å². The van der Waals surface area contributed by atoms with E-state index in [2.05, 4.69) is 10.3 Å². The first kappa shape index (κ1) is 9.48. The normalized spacial score (nSPS) is 36.6. The van der Waals surface area contributed by atoms with Gasteiger partial charge in [0.25, 0.3) is 0 Å². The molecule has 78 valence electrons. The minimum absolute atomic E-state index is 0.196. The maximum absolute atomic E-state index is 6.07. The summed E-state index contributed by atoms with van der Waals surface area (Å²) in [4.78, 5) is 4.17. The van der Waals surface area contributed by atoms with Gasteiger partial charge in [0.1, 0.15) is 0 Å². The Morgan fingerprint density at radius 3 is 3.21 bits per heavy atom. The van der Waals surface area contributed by atoms with Crippen molar-refractivity contribution < 1.29 is 4.74 Å². The molecule has 0 bridgehead atoms. The highest BCUT2D eigenvalue weighted by molar-refractivity contribution is 5.59. The minimum atomic E-state index is -0.778. The molecular formula is C9H16N4O. The number of ether oxygens (including phenoxy) is 1. The maximum atomic E-state index is 6.07. The van der Waals surface area contributed by atoms with Gasteiger partial charge in [-0.2, -0.15) is 0 Å². The molecule has 0 saturated carbocycles. The first-order chi connectivity index (χ1) is 6.71. The second-order valence-electron chi connectivity index (χ2n) is 3.79. The Labute approximate surface area is 83.2 Å². The second-order valence-corrected chi connectivity index (χ2v) is 3.79. The van der Waals surface area contributed by atoms with Crippen molar-refractivity contribution in [2.45, 2.75) is 31.0 Å². The minimum Gasteiger partial charge on any atom is -0.398 e. The zero-order valence-electron chi connectivity index (χ0n) is 8.07. The first-order valence-corrected chi connectivity index (χ1v) is 4.87. The van der Waals surface area contributed by atoms with Crippen molar-refractivity contribution >= 4 is 6.34 Å². The summed E-state index contributed by atoms with van der Waals surface area (Å²) in [5.74, 6) is 0. The first-order valence-electron chi connectivity index (χ1n) is 4.87. The summed E-state index contributed by atoms with van der Waals surface area (Å²) in [6.07, 6.45) is 6.27. The fraction of sp³-hybridized carbons (Fsp3) is 0.667. The van der Waals surface area contributed by atoms with E-state index >= 15 is 0 Å². The van der Waals surface area contributed by atoms with Crippen LogP contribution < -0.4 is 16.8 Å². The number of hydrogen-bond acceptors (Lipinski definition) is 5. The van der Waals surface area contributed by atoms with Crippen molar-refractivity contribution in [1.82, 2.24) is 5.32 Å². The monoisotopic (exact) mass is 196 g/mol. The van der Waals surface area contributed by atoms with Gasteiger partial charge >= 0.3 is 0 Å². The average molecular weight is 196 g/mol. The molecule has 1 fully saturated rings. The SMILES string of the molecule is NC1=CNC=NC1(N)CC1CCCO1. The van der Waals surface area contributed by atoms with Crippen molar-refractivity contribution in [3.8, 4) is 0 Å². The highest BCUT2D eigenvalue weighted by Gasteiger charge is 2.33. The number of aliphatic imine (C=N–C) groups is 1. The molecule has 0 aliphatic carbocycles. The number of nitrogens with one attached hydrogen (secondary N) is 1. The molecule has 2 unspecified atom stereocenters. The van der Waals surface area contributed by atoms with Crippen LogP contribution in [0.2, 0.25) is 0 Å². The van der Waals surface area contributed by atoms with Crippen LogP contribution in [0.25, 0.3) is 0 Å². The predicted octanol–water partition coefficient (Wildman–Crippen LogP) is -0.358. The van der Waals surface area contributed by atoms with E-state index in [-0.39, 0.29) is 6.10 Å². The quantitative estimate of drug-likeness (QED) is 0.563. The molecule has 0 aromatic carbocycles. The molecule has 0 spiro atoms. The molecule has 5 N–H and O–H groups in total. The van der Waals surface area contributed by atoms with Crippen LogP contribution in [0.4, 0.5) is 0 Å². The highest BCUT2D eigenvalue weighted by atomic mass is 16.5. The Hall–Kier alpha value is -1.07. The van der Waals surface area contributed by atoms with E-state index < -0.39 is 5.66 Å². The summed E-state index contributed by atoms with van der Waals surface area (Å²) in [5.41, 5.74) is 11.7. The molecule has 2 aliphatic heterocycles. The summed E-state index contributed by atoms with van der Waals surface area (Å²) < 4.78 is 5.51. The van der Waals surface area contributed by atoms with Crippen LogP contribution in [0, 0.1) is 0 Å². The van der Waals surface area contributed by atoms with Gasteiger partial charge in [0.15, 0.2) is 5.66 Å². The number of nitrogens with zero attached hydrogens (tertiary/aromatic N) is 1. The van der Waals surface area contributed by atoms with Gasteiger partial charge in [0, 0.05) is 19.2 Å². The number of hydrogen-bond donors (Lipinski definition) is 3. The van der Waals surface area contributed by atoms with Gasteiger partial charge in [-0.3, -0.25) is 0 Å². The zero-order valence-corrected chi connectivity index (χ0v) is 8.07. The summed E-state index contributed by atoms with van der Waals surface area (Å²) in [5, 5.41) is 2.82. The maximum Gasteiger partial charge on any atom is 0.153 e. The van der Waals surface area contributed by atoms with Crippen LogP contribution >= 0.6 is 0 Å². The molecule has 5 nitrogen and oxygen atoms in total. The average Bonchev–Trinajstić information content (AvgIpc) is 2.63. The van der Waals surface area contributed by atoms with Gasteiger partial charge in [-0.1, -0.05) is 0 Å². The lowest BCUT2D eigenvalue weighted by atomic mass is 9.98. The molecule has 0 aromatic rings. The molecule has 2 heterocycles. The van der Waals surface area contributed by atoms with Crippen LogP contribution in [-0.4, -0.2) is 24.7 Å². The van der Waals surface area contributed by atoms with Gasteiger partial charge in [-0.05, 0) is 12.8 Å². The van der Waals surface area contributed by atoms with Gasteiger partial charge in [0.05, 0.1) is 18.1 Å². The fourth-order valence-electron chi connectivity index (χ4n) is 1.80. The lowest BCUT2D eigenvalue weighted by Crippen LogP contribution is -2.48. The van der Waals surface area contributed by atoms with E-state index in [1.54, 1.807) is 12.5 Å². The fourth-order valence-corrected chi connectivity index (χ4v) is 1.80. The van der Waals surface area contributed by atoms with E-state index in [9.17, 15) is 0 Å². The molecule has 14 heavy (non-hydrogen) atoms. The standard InChI is InChI=1S/C9H16N4O/c10-8-5-12-6-13-9(8,11)4-7-2-1-3-14-7/h5-7H,1-4,10-11H2,(H,12,13). The Morgan fingerprint density at radius 1 is 1.71 bits per heavy atom. The van der Waals surface area contributed by atoms with Gasteiger partial charge in [-0.15, -0.1) is 0 Å². The van der Waals surface area contributed by atoms with Crippen molar-refractivity contribution in [1.29, 1.82) is 0 Å². The molecule has 2 atom stereocenters. The molecule has 2 aliphatic rings. The third-order valence-corrected chi connectivity index (χ3v) is 2.67. The third kappa shape index (κ3) is 1.73. The van der Waals surface area contributed by atoms with Gasteiger partial charge in [0.2, 0.25) is 0 Å². The van der Waals surface area contributed by atoms with E-state index in [4.69, 9.17) is 16.2 Å². The molecular weight excluding hydrogens is 180 g/mol. The largest absolute Gasteiger partial charge is 0.398 e. The van der Waals surface area contributed by atoms with E-state index in [0.717, 1.165) is 19.4 Å². The zero-order chi connectivity index (χ0) is 10.0. The summed E-state index contributed by atoms with van der Waals surface area (Å²) in [6.45, 7) is 0.826. The second kappa shape index (κ2) is 3.59. The van der Waals surface area contributed by atoms with Crippen LogP contribution in [0.1, 0.15) is 19.3 Å². The smallest absolute Gasteiger partial charge is 0.153 e. The lowest BCUT2D eigenvalue weighted by molar-refractivity contribution is 0.0892. The number of rotatable bonds is 2. The molecule has 0 radical (unpaired) electrons. The third-order valence-electron chi connectivity index (χ3n) is 2.67. The van der Waals surface area contributed by atoms with Crippen molar-refractivity contribution in [3.63, 3.8) is 0 Å². The molecule has 2 rings (SSSR count). The van der Waals surface area contributed by atoms with Crippen LogP contribution in [0.3, 0.4) is 0 Å². The van der Waals surface area contributed by atoms with Crippen LogP contribution in [0.15, 0.2) is 16.9 Å². The van der Waals surface area contributed by atoms with Crippen molar-refractivity contribution in [2.75, 3.05) is 6.61 Å².